The van der Waals surface area contributed by atoms with Crippen LogP contribution in [0.5, 0.6) is 0 Å². The van der Waals surface area contributed by atoms with Crippen molar-refractivity contribution in [2.24, 2.45) is 0 Å². The third-order valence-electron chi connectivity index (χ3n) is 29.3. The number of aromatic nitrogens is 6. The average Bonchev–Trinajstić information content (AvgIpc) is 1.62. The van der Waals surface area contributed by atoms with Gasteiger partial charge in [0.05, 0.1) is 66.7 Å². The Morgan fingerprint density at radius 2 is 0.414 bits per heavy atom. The molecule has 9 heterocycles. The minimum Gasteiger partial charge on any atom is -0.245 e. The summed E-state index contributed by atoms with van der Waals surface area (Å²) in [5.41, 5.74) is 29.3. The Hall–Kier alpha value is -18.2. The van der Waals surface area contributed by atoms with Gasteiger partial charge in [-0.25, -0.2) is 29.9 Å². The molecule has 22 aromatic carbocycles. The van der Waals surface area contributed by atoms with Gasteiger partial charge >= 0.3 is 0 Å². The second-order valence-electron chi connectivity index (χ2n) is 37.5. The molecule has 0 bridgehead atoms. The molecular formula is C136H80N6S3. The highest BCUT2D eigenvalue weighted by molar-refractivity contribution is 7.27. The molecular weight excluding hydrogens is 1810 g/mol. The maximum Gasteiger partial charge on any atom is 0.0978 e. The first-order valence-electron chi connectivity index (χ1n) is 49.2. The number of pyridine rings is 6. The minimum absolute atomic E-state index is 0.917. The van der Waals surface area contributed by atoms with Gasteiger partial charge in [-0.05, 0) is 173 Å². The molecule has 0 aliphatic heterocycles. The van der Waals surface area contributed by atoms with E-state index in [1.54, 1.807) is 0 Å². The van der Waals surface area contributed by atoms with Crippen LogP contribution in [0.1, 0.15) is 0 Å². The maximum absolute atomic E-state index is 5.54. The van der Waals surface area contributed by atoms with Crippen LogP contribution in [0.2, 0.25) is 0 Å². The molecule has 0 spiro atoms. The number of hydrogen-bond acceptors (Lipinski definition) is 9. The first-order chi connectivity index (χ1) is 71.9. The van der Waals surface area contributed by atoms with Crippen molar-refractivity contribution in [3.63, 3.8) is 0 Å². The van der Waals surface area contributed by atoms with Gasteiger partial charge in [-0.1, -0.05) is 400 Å². The molecule has 0 atom stereocenters. The molecule has 31 aromatic rings. The van der Waals surface area contributed by atoms with Crippen molar-refractivity contribution in [3.05, 3.63) is 485 Å². The lowest BCUT2D eigenvalue weighted by Crippen LogP contribution is -1.95. The van der Waals surface area contributed by atoms with Crippen molar-refractivity contribution in [1.29, 1.82) is 0 Å². The van der Waals surface area contributed by atoms with Gasteiger partial charge in [0.2, 0.25) is 0 Å². The Balaban J connectivity index is 0.000000104. The lowest BCUT2D eigenvalue weighted by Gasteiger charge is -2.18. The van der Waals surface area contributed by atoms with Crippen molar-refractivity contribution in [2.75, 3.05) is 0 Å². The largest absolute Gasteiger partial charge is 0.245 e. The van der Waals surface area contributed by atoms with Crippen molar-refractivity contribution in [1.82, 2.24) is 29.9 Å². The number of hydrogen-bond donors (Lipinski definition) is 0. The minimum atomic E-state index is 0.917. The summed E-state index contributed by atoms with van der Waals surface area (Å²) < 4.78 is 7.96. The third kappa shape index (κ3) is 14.1. The Labute approximate surface area is 844 Å². The van der Waals surface area contributed by atoms with Gasteiger partial charge in [-0.2, -0.15) is 0 Å². The first-order valence-corrected chi connectivity index (χ1v) is 51.6. The second-order valence-corrected chi connectivity index (χ2v) is 40.7. The molecule has 0 aliphatic carbocycles. The normalized spacial score (nSPS) is 11.9. The van der Waals surface area contributed by atoms with Crippen LogP contribution in [0.15, 0.2) is 485 Å². The van der Waals surface area contributed by atoms with E-state index >= 15 is 0 Å². The third-order valence-corrected chi connectivity index (χ3v) is 32.9. The highest BCUT2D eigenvalue weighted by Gasteiger charge is 2.26. The molecule has 31 rings (SSSR count). The van der Waals surface area contributed by atoms with E-state index in [9.17, 15) is 0 Å². The van der Waals surface area contributed by atoms with E-state index in [0.29, 0.717) is 0 Å². The summed E-state index contributed by atoms with van der Waals surface area (Å²) in [7, 11) is 0. The van der Waals surface area contributed by atoms with Crippen LogP contribution in [0.4, 0.5) is 0 Å². The fraction of sp³-hybridized carbons (Fsp3) is 0. The number of benzene rings is 22. The molecule has 145 heavy (non-hydrogen) atoms. The van der Waals surface area contributed by atoms with Crippen molar-refractivity contribution < 1.29 is 0 Å². The number of para-hydroxylation sites is 3. The van der Waals surface area contributed by atoms with Crippen molar-refractivity contribution in [3.8, 4) is 101 Å². The Bertz CT molecular complexity index is 10800. The van der Waals surface area contributed by atoms with Gasteiger partial charge in [0.15, 0.2) is 0 Å². The van der Waals surface area contributed by atoms with E-state index in [0.717, 1.165) is 132 Å². The molecule has 6 nitrogen and oxygen atoms in total. The number of rotatable bonds is 9. The Morgan fingerprint density at radius 1 is 0.131 bits per heavy atom. The van der Waals surface area contributed by atoms with E-state index in [4.69, 9.17) is 29.9 Å². The molecule has 0 fully saturated rings. The highest BCUT2D eigenvalue weighted by atomic mass is 32.1. The van der Waals surface area contributed by atoms with Crippen LogP contribution < -0.4 is 0 Å². The van der Waals surface area contributed by atoms with Crippen LogP contribution in [-0.2, 0) is 0 Å². The van der Waals surface area contributed by atoms with Crippen LogP contribution >= 0.6 is 34.0 Å². The maximum atomic E-state index is 5.54. The summed E-state index contributed by atoms with van der Waals surface area (Å²) in [6.07, 6.45) is 0. The number of fused-ring (bicyclic) bond motifs is 25. The lowest BCUT2D eigenvalue weighted by molar-refractivity contribution is 1.39. The summed E-state index contributed by atoms with van der Waals surface area (Å²) in [5, 5.41) is 27.7. The molecule has 0 amide bonds. The van der Waals surface area contributed by atoms with E-state index in [1.165, 1.54) is 170 Å². The summed E-state index contributed by atoms with van der Waals surface area (Å²) >= 11 is 5.63. The molecule has 0 N–H and O–H groups in total. The zero-order chi connectivity index (χ0) is 95.3. The molecule has 0 radical (unpaired) electrons. The van der Waals surface area contributed by atoms with Gasteiger partial charge < -0.3 is 0 Å². The number of thiophene rings is 3. The summed E-state index contributed by atoms with van der Waals surface area (Å²) in [6, 6.07) is 174. The molecule has 0 aliphatic rings. The standard InChI is InChI=1S/2C48H28N2S.C40H24N2S/c1-2-13-29(14-3-1)43-37-20-8-10-23-40(37)49-47-38(43)27-25-30-26-28-41(50-46(30)47)45-34-18-6-4-16-32(34)44(33-17-5-7-19-35(33)45)39-22-12-21-36-31-15-9-11-24-42(31)51-48(36)39;1-2-9-29(10-3-1)45-40-12-4-6-15-43(40)50-47-41(45)23-21-30-22-24-42(49-46(30)47)34-20-18-32-25-35-27-33(19-17-31(35)26-36(32)28-34)37-13-8-14-39-38-11-5-7-16-44(38)51-48(37)39;1-2-10-25(11-3-1)37-32-15-4-6-18-35(32)42-39-33(37)22-20-26-21-23-34(41-38(26)39)28-13-8-12-27(24-28)29-16-9-17-31-30-14-5-7-19-36(30)43-40(29)31/h2*1-28H;1-24H. The number of nitrogens with zero attached hydrogens (tertiary/aromatic N) is 6. The van der Waals surface area contributed by atoms with Crippen LogP contribution in [0, 0.1) is 0 Å². The molecule has 0 unspecified atom stereocenters. The smallest absolute Gasteiger partial charge is 0.0978 e. The van der Waals surface area contributed by atoms with E-state index in [1.807, 2.05) is 34.0 Å². The molecule has 0 saturated heterocycles. The SMILES string of the molecule is c1ccc(-c2c3ccccc3nc3c2ccc2ccc(-c4c5ccccc5c(-c5cccc6c5sc5ccccc56)c5ccccc45)nc23)cc1.c1ccc(-c2c3ccccc3nc3c2ccc2ccc(-c4ccc5cc6cc(-c7cccc8c7sc7ccccc78)ccc6cc5c4)nc23)cc1.c1ccc(-c2c3ccccc3nc3c2ccc2ccc(-c4cccc(-c5cccc6c5sc5ccccc56)c4)nc23)cc1. The fourth-order valence-electron chi connectivity index (χ4n) is 22.6. The van der Waals surface area contributed by atoms with Gasteiger partial charge in [0.25, 0.3) is 0 Å². The van der Waals surface area contributed by atoms with Gasteiger partial charge in [-0.3, -0.25) is 0 Å². The van der Waals surface area contributed by atoms with E-state index in [-0.39, 0.29) is 0 Å². The van der Waals surface area contributed by atoms with Crippen LogP contribution in [-0.4, -0.2) is 29.9 Å². The van der Waals surface area contributed by atoms with Crippen molar-refractivity contribution >= 4 is 236 Å². The second kappa shape index (κ2) is 34.3. The molecule has 0 saturated carbocycles. The Morgan fingerprint density at radius 3 is 0.834 bits per heavy atom. The van der Waals surface area contributed by atoms with Crippen LogP contribution in [0.25, 0.3) is 302 Å². The van der Waals surface area contributed by atoms with E-state index in [2.05, 4.69) is 485 Å². The molecule has 9 heteroatoms. The summed E-state index contributed by atoms with van der Waals surface area (Å²) in [6.45, 7) is 0. The summed E-state index contributed by atoms with van der Waals surface area (Å²) in [4.78, 5) is 31.8. The zero-order valence-electron chi connectivity index (χ0n) is 78.1. The summed E-state index contributed by atoms with van der Waals surface area (Å²) in [5.74, 6) is 0. The predicted octanol–water partition coefficient (Wildman–Crippen LogP) is 38.5. The monoisotopic (exact) mass is 1890 g/mol. The van der Waals surface area contributed by atoms with Gasteiger partial charge in [0.1, 0.15) is 0 Å². The predicted molar refractivity (Wildman–Crippen MR) is 621 cm³/mol. The van der Waals surface area contributed by atoms with Gasteiger partial charge in [-0.15, -0.1) is 34.0 Å². The topological polar surface area (TPSA) is 77.3 Å². The fourth-order valence-corrected chi connectivity index (χ4v) is 26.3. The van der Waals surface area contributed by atoms with Crippen molar-refractivity contribution in [2.45, 2.75) is 0 Å². The van der Waals surface area contributed by atoms with Gasteiger partial charge in [0, 0.05) is 148 Å². The first kappa shape index (κ1) is 83.7. The zero-order valence-corrected chi connectivity index (χ0v) is 80.5. The van der Waals surface area contributed by atoms with E-state index < -0.39 is 0 Å². The average molecular weight is 1890 g/mol. The highest BCUT2D eigenvalue weighted by Crippen LogP contribution is 2.52. The lowest BCUT2D eigenvalue weighted by atomic mass is 9.86. The quantitative estimate of drug-likeness (QED) is 0.106. The molecule has 672 valence electrons. The van der Waals surface area contributed by atoms with Crippen LogP contribution in [0.3, 0.4) is 0 Å². The Kier molecular flexibility index (Phi) is 19.8. The molecule has 9 aromatic heterocycles.